The van der Waals surface area contributed by atoms with Gasteiger partial charge in [-0.2, -0.15) is 5.10 Å². The molecular formula is C15H20ClN3O2. The summed E-state index contributed by atoms with van der Waals surface area (Å²) < 4.78 is 6.73. The lowest BCUT2D eigenvalue weighted by Gasteiger charge is -2.18. The van der Waals surface area contributed by atoms with Crippen molar-refractivity contribution in [3.63, 3.8) is 0 Å². The molecule has 0 saturated heterocycles. The molecule has 0 fully saturated rings. The zero-order valence-electron chi connectivity index (χ0n) is 12.5. The van der Waals surface area contributed by atoms with Crippen LogP contribution in [0.2, 0.25) is 5.02 Å². The van der Waals surface area contributed by atoms with Crippen LogP contribution in [0, 0.1) is 0 Å². The first-order chi connectivity index (χ1) is 10.0. The molecule has 6 heteroatoms. The second-order valence-corrected chi connectivity index (χ2v) is 5.39. The summed E-state index contributed by atoms with van der Waals surface area (Å²) in [6.45, 7) is 1.05. The molecule has 0 aliphatic heterocycles. The summed E-state index contributed by atoms with van der Waals surface area (Å²) in [5.74, 6) is 0. The predicted octanol–water partition coefficient (Wildman–Crippen LogP) is 2.33. The van der Waals surface area contributed by atoms with E-state index < -0.39 is 6.10 Å². The van der Waals surface area contributed by atoms with E-state index in [-0.39, 0.29) is 0 Å². The number of halogens is 1. The number of hydrogen-bond donors (Lipinski definition) is 1. The third kappa shape index (κ3) is 3.56. The molecule has 21 heavy (non-hydrogen) atoms. The van der Waals surface area contributed by atoms with Gasteiger partial charge in [-0.05, 0) is 17.7 Å². The second-order valence-electron chi connectivity index (χ2n) is 4.99. The number of nitrogens with zero attached hydrogens (tertiary/aromatic N) is 3. The van der Waals surface area contributed by atoms with Gasteiger partial charge in [-0.1, -0.05) is 23.7 Å². The van der Waals surface area contributed by atoms with Gasteiger partial charge in [0.2, 0.25) is 0 Å². The molecule has 1 atom stereocenters. The van der Waals surface area contributed by atoms with Gasteiger partial charge < -0.3 is 14.7 Å². The van der Waals surface area contributed by atoms with E-state index in [0.29, 0.717) is 23.9 Å². The van der Waals surface area contributed by atoms with E-state index in [2.05, 4.69) is 5.10 Å². The van der Waals surface area contributed by atoms with Crippen LogP contribution in [0.25, 0.3) is 0 Å². The van der Waals surface area contributed by atoms with E-state index in [1.54, 1.807) is 18.0 Å². The minimum Gasteiger partial charge on any atom is -0.383 e. The van der Waals surface area contributed by atoms with Gasteiger partial charge >= 0.3 is 0 Å². The average Bonchev–Trinajstić information content (AvgIpc) is 2.85. The molecule has 0 radical (unpaired) electrons. The van der Waals surface area contributed by atoms with Crippen LogP contribution in [0.3, 0.4) is 0 Å². The van der Waals surface area contributed by atoms with Crippen LogP contribution in [0.5, 0.6) is 0 Å². The van der Waals surface area contributed by atoms with Crippen molar-refractivity contribution in [2.24, 2.45) is 0 Å². The zero-order valence-corrected chi connectivity index (χ0v) is 13.2. The van der Waals surface area contributed by atoms with Gasteiger partial charge in [0.1, 0.15) is 6.10 Å². The monoisotopic (exact) mass is 309 g/mol. The molecule has 0 aliphatic rings. The Kier molecular flexibility index (Phi) is 5.22. The summed E-state index contributed by atoms with van der Waals surface area (Å²) in [6.07, 6.45) is 0.725. The topological polar surface area (TPSA) is 50.5 Å². The maximum atomic E-state index is 10.6. The van der Waals surface area contributed by atoms with Gasteiger partial charge in [-0.3, -0.25) is 4.68 Å². The van der Waals surface area contributed by atoms with E-state index in [0.717, 1.165) is 11.3 Å². The van der Waals surface area contributed by atoms with Crippen molar-refractivity contribution in [2.75, 3.05) is 32.7 Å². The first-order valence-corrected chi connectivity index (χ1v) is 7.08. The van der Waals surface area contributed by atoms with E-state index >= 15 is 0 Å². The van der Waals surface area contributed by atoms with Gasteiger partial charge in [-0.15, -0.1) is 0 Å². The lowest BCUT2D eigenvalue weighted by molar-refractivity contribution is 0.171. The summed E-state index contributed by atoms with van der Waals surface area (Å²) in [7, 11) is 5.55. The second kappa shape index (κ2) is 6.93. The molecular weight excluding hydrogens is 290 g/mol. The number of benzene rings is 1. The summed E-state index contributed by atoms with van der Waals surface area (Å²) in [4.78, 5) is 1.99. The van der Waals surface area contributed by atoms with Gasteiger partial charge in [0.05, 0.1) is 30.1 Å². The van der Waals surface area contributed by atoms with Gasteiger partial charge in [0.25, 0.3) is 0 Å². The molecule has 1 unspecified atom stereocenters. The normalized spacial score (nSPS) is 12.4. The van der Waals surface area contributed by atoms with Crippen molar-refractivity contribution < 1.29 is 9.84 Å². The number of methoxy groups -OCH3 is 1. The highest BCUT2D eigenvalue weighted by Crippen LogP contribution is 2.29. The fourth-order valence-electron chi connectivity index (χ4n) is 2.13. The predicted molar refractivity (Wildman–Crippen MR) is 83.9 cm³/mol. The Bertz CT molecular complexity index is 598. The number of hydrogen-bond acceptors (Lipinski definition) is 4. The van der Waals surface area contributed by atoms with Crippen molar-refractivity contribution in [1.29, 1.82) is 0 Å². The van der Waals surface area contributed by atoms with Crippen LogP contribution in [0.4, 0.5) is 5.69 Å². The van der Waals surface area contributed by atoms with Gasteiger partial charge in [-0.25, -0.2) is 0 Å². The molecule has 2 aromatic rings. The average molecular weight is 310 g/mol. The Labute approximate surface area is 129 Å². The van der Waals surface area contributed by atoms with Crippen LogP contribution in [-0.2, 0) is 11.3 Å². The van der Waals surface area contributed by atoms with Crippen molar-refractivity contribution in [2.45, 2.75) is 12.6 Å². The van der Waals surface area contributed by atoms with Gasteiger partial charge in [0.15, 0.2) is 0 Å². The van der Waals surface area contributed by atoms with Crippen LogP contribution in [0.15, 0.2) is 30.5 Å². The fraction of sp³-hybridized carbons (Fsp3) is 0.400. The number of ether oxygens (including phenoxy) is 1. The maximum absolute atomic E-state index is 10.6. The molecule has 1 aromatic carbocycles. The number of rotatable bonds is 6. The first kappa shape index (κ1) is 15.8. The molecule has 114 valence electrons. The molecule has 1 N–H and O–H groups in total. The molecule has 2 rings (SSSR count). The van der Waals surface area contributed by atoms with E-state index in [4.69, 9.17) is 16.3 Å². The number of aliphatic hydroxyl groups is 1. The third-order valence-corrected chi connectivity index (χ3v) is 3.59. The van der Waals surface area contributed by atoms with Crippen LogP contribution < -0.4 is 4.90 Å². The lowest BCUT2D eigenvalue weighted by atomic mass is 10.1. The highest BCUT2D eigenvalue weighted by molar-refractivity contribution is 6.31. The molecule has 0 bridgehead atoms. The molecule has 5 nitrogen and oxygen atoms in total. The summed E-state index contributed by atoms with van der Waals surface area (Å²) in [5, 5.41) is 15.3. The Morgan fingerprint density at radius 2 is 2.19 bits per heavy atom. The molecule has 0 amide bonds. The number of aliphatic hydroxyl groups excluding tert-OH is 1. The highest BCUT2D eigenvalue weighted by atomic mass is 35.5. The summed E-state index contributed by atoms with van der Waals surface area (Å²) >= 11 is 6.18. The standard InChI is InChI=1S/C15H20ClN3O2/c1-18(2)12-6-4-5-11(9-12)15(20)14-13(16)10-17-19(14)7-8-21-3/h4-6,9-10,15,20H,7-8H2,1-3H3. The molecule has 0 saturated carbocycles. The number of aromatic nitrogens is 2. The van der Waals surface area contributed by atoms with E-state index in [1.807, 2.05) is 43.3 Å². The largest absolute Gasteiger partial charge is 0.383 e. The Balaban J connectivity index is 2.33. The summed E-state index contributed by atoms with van der Waals surface area (Å²) in [6, 6.07) is 7.72. The van der Waals surface area contributed by atoms with Crippen LogP contribution in [-0.4, -0.2) is 42.7 Å². The van der Waals surface area contributed by atoms with Crippen molar-refractivity contribution >= 4 is 17.3 Å². The van der Waals surface area contributed by atoms with Gasteiger partial charge in [0, 0.05) is 26.9 Å². The Morgan fingerprint density at radius 1 is 1.43 bits per heavy atom. The Hall–Kier alpha value is -1.56. The van der Waals surface area contributed by atoms with Crippen molar-refractivity contribution in [1.82, 2.24) is 9.78 Å². The first-order valence-electron chi connectivity index (χ1n) is 6.70. The Morgan fingerprint density at radius 3 is 2.86 bits per heavy atom. The van der Waals surface area contributed by atoms with Crippen LogP contribution >= 0.6 is 11.6 Å². The molecule has 1 heterocycles. The van der Waals surface area contributed by atoms with Crippen molar-refractivity contribution in [3.8, 4) is 0 Å². The lowest BCUT2D eigenvalue weighted by Crippen LogP contribution is -2.14. The maximum Gasteiger partial charge on any atom is 0.122 e. The van der Waals surface area contributed by atoms with E-state index in [1.165, 1.54) is 0 Å². The zero-order chi connectivity index (χ0) is 15.4. The third-order valence-electron chi connectivity index (χ3n) is 3.30. The molecule has 1 aromatic heterocycles. The quantitative estimate of drug-likeness (QED) is 0.890. The van der Waals surface area contributed by atoms with Crippen molar-refractivity contribution in [3.05, 3.63) is 46.7 Å². The smallest absolute Gasteiger partial charge is 0.122 e. The molecule has 0 aliphatic carbocycles. The minimum absolute atomic E-state index is 0.453. The molecule has 0 spiro atoms. The van der Waals surface area contributed by atoms with Crippen LogP contribution in [0.1, 0.15) is 17.4 Å². The van der Waals surface area contributed by atoms with E-state index in [9.17, 15) is 5.11 Å². The minimum atomic E-state index is -0.822. The fourth-order valence-corrected chi connectivity index (χ4v) is 2.38. The number of anilines is 1. The highest BCUT2D eigenvalue weighted by Gasteiger charge is 2.20. The SMILES string of the molecule is COCCn1ncc(Cl)c1C(O)c1cccc(N(C)C)c1. The summed E-state index contributed by atoms with van der Waals surface area (Å²) in [5.41, 5.74) is 2.39.